The molecule has 0 amide bonds. The second-order valence-electron chi connectivity index (χ2n) is 2.58. The molecule has 11 heavy (non-hydrogen) atoms. The molecule has 2 heterocycles. The highest BCUT2D eigenvalue weighted by atomic mass is 15.0. The van der Waals surface area contributed by atoms with Crippen LogP contribution in [0.25, 0.3) is 5.69 Å². The van der Waals surface area contributed by atoms with Gasteiger partial charge in [0.25, 0.3) is 0 Å². The first-order valence-corrected chi connectivity index (χ1v) is 3.65. The van der Waals surface area contributed by atoms with E-state index in [0.717, 1.165) is 0 Å². The molecule has 0 spiro atoms. The number of rotatable bonds is 1. The van der Waals surface area contributed by atoms with E-state index < -0.39 is 0 Å². The summed E-state index contributed by atoms with van der Waals surface area (Å²) in [7, 11) is 0. The first-order chi connectivity index (χ1) is 5.38. The fourth-order valence-electron chi connectivity index (χ4n) is 1.22. The molecule has 0 aliphatic heterocycles. The summed E-state index contributed by atoms with van der Waals surface area (Å²) in [6, 6.07) is 6.11. The van der Waals surface area contributed by atoms with Crippen LogP contribution >= 0.6 is 0 Å². The van der Waals surface area contributed by atoms with Gasteiger partial charge in [-0.05, 0) is 25.1 Å². The molecule has 0 bridgehead atoms. The highest BCUT2D eigenvalue weighted by Gasteiger charge is 1.97. The van der Waals surface area contributed by atoms with Crippen LogP contribution < -0.4 is 0 Å². The third kappa shape index (κ3) is 0.963. The summed E-state index contributed by atoms with van der Waals surface area (Å²) < 4.78 is 2.09. The minimum absolute atomic E-state index is 1.20. The summed E-state index contributed by atoms with van der Waals surface area (Å²) in [6.07, 6.45) is 6.02. The third-order valence-electron chi connectivity index (χ3n) is 1.81. The summed E-state index contributed by atoms with van der Waals surface area (Å²) >= 11 is 0. The number of aromatic amines is 1. The molecule has 2 rings (SSSR count). The summed E-state index contributed by atoms with van der Waals surface area (Å²) in [6.45, 7) is 2.06. The van der Waals surface area contributed by atoms with Crippen LogP contribution in [0.1, 0.15) is 5.69 Å². The second kappa shape index (κ2) is 2.31. The molecule has 2 heteroatoms. The smallest absolute Gasteiger partial charge is 0.0654 e. The second-order valence-corrected chi connectivity index (χ2v) is 2.58. The molecule has 0 aliphatic rings. The summed E-state index contributed by atoms with van der Waals surface area (Å²) in [5.41, 5.74) is 2.41. The van der Waals surface area contributed by atoms with Crippen LogP contribution in [-0.2, 0) is 0 Å². The van der Waals surface area contributed by atoms with E-state index in [0.29, 0.717) is 0 Å². The van der Waals surface area contributed by atoms with Crippen LogP contribution in [0.3, 0.4) is 0 Å². The lowest BCUT2D eigenvalue weighted by molar-refractivity contribution is 1.06. The number of aryl methyl sites for hydroxylation is 1. The molecule has 2 nitrogen and oxygen atoms in total. The van der Waals surface area contributed by atoms with Gasteiger partial charge in [-0.15, -0.1) is 0 Å². The molecule has 1 N–H and O–H groups in total. The van der Waals surface area contributed by atoms with Crippen LogP contribution in [0, 0.1) is 6.92 Å². The molecule has 0 atom stereocenters. The van der Waals surface area contributed by atoms with Crippen molar-refractivity contribution < 1.29 is 0 Å². The van der Waals surface area contributed by atoms with Gasteiger partial charge >= 0.3 is 0 Å². The molecule has 0 aromatic carbocycles. The van der Waals surface area contributed by atoms with E-state index in [9.17, 15) is 0 Å². The molecule has 0 unspecified atom stereocenters. The Labute approximate surface area is 65.5 Å². The van der Waals surface area contributed by atoms with Crippen molar-refractivity contribution in [3.63, 3.8) is 0 Å². The van der Waals surface area contributed by atoms with Gasteiger partial charge in [0.05, 0.1) is 5.69 Å². The number of aromatic nitrogens is 2. The molecule has 0 radical (unpaired) electrons. The predicted molar refractivity (Wildman–Crippen MR) is 44.9 cm³/mol. The number of hydrogen-bond acceptors (Lipinski definition) is 0. The van der Waals surface area contributed by atoms with E-state index in [1.165, 1.54) is 11.4 Å². The molecule has 0 saturated heterocycles. The van der Waals surface area contributed by atoms with Gasteiger partial charge in [0, 0.05) is 24.3 Å². The van der Waals surface area contributed by atoms with Crippen LogP contribution in [0.4, 0.5) is 0 Å². The fraction of sp³-hybridized carbons (Fsp3) is 0.111. The zero-order valence-electron chi connectivity index (χ0n) is 6.41. The number of nitrogens with zero attached hydrogens (tertiary/aromatic N) is 1. The van der Waals surface area contributed by atoms with Crippen LogP contribution in [0.15, 0.2) is 36.8 Å². The number of hydrogen-bond donors (Lipinski definition) is 1. The van der Waals surface area contributed by atoms with Crippen molar-refractivity contribution in [1.29, 1.82) is 0 Å². The molecular weight excluding hydrogens is 136 g/mol. The van der Waals surface area contributed by atoms with Crippen molar-refractivity contribution in [2.75, 3.05) is 0 Å². The molecular formula is C9H10N2. The molecule has 56 valence electrons. The van der Waals surface area contributed by atoms with Crippen molar-refractivity contribution in [2.24, 2.45) is 0 Å². The lowest BCUT2D eigenvalue weighted by Gasteiger charge is -1.99. The first kappa shape index (κ1) is 6.28. The van der Waals surface area contributed by atoms with Gasteiger partial charge < -0.3 is 9.55 Å². The van der Waals surface area contributed by atoms with Gasteiger partial charge in [0.15, 0.2) is 0 Å². The lowest BCUT2D eigenvalue weighted by Crippen LogP contribution is -1.88. The van der Waals surface area contributed by atoms with Crippen LogP contribution in [0.5, 0.6) is 0 Å². The average molecular weight is 146 g/mol. The summed E-state index contributed by atoms with van der Waals surface area (Å²) in [4.78, 5) is 3.14. The van der Waals surface area contributed by atoms with E-state index in [1.54, 1.807) is 0 Å². The van der Waals surface area contributed by atoms with E-state index in [1.807, 2.05) is 30.7 Å². The predicted octanol–water partition coefficient (Wildman–Crippen LogP) is 2.11. The highest BCUT2D eigenvalue weighted by Crippen LogP contribution is 2.10. The Morgan fingerprint density at radius 1 is 1.27 bits per heavy atom. The maximum atomic E-state index is 3.14. The fourth-order valence-corrected chi connectivity index (χ4v) is 1.22. The van der Waals surface area contributed by atoms with Gasteiger partial charge in [0.1, 0.15) is 0 Å². The summed E-state index contributed by atoms with van der Waals surface area (Å²) in [5, 5.41) is 0. The average Bonchev–Trinajstić information content (AvgIpc) is 2.55. The normalized spacial score (nSPS) is 10.3. The zero-order valence-corrected chi connectivity index (χ0v) is 6.41. The lowest BCUT2D eigenvalue weighted by atomic mass is 10.4. The Bertz CT molecular complexity index is 330. The minimum atomic E-state index is 1.20. The monoisotopic (exact) mass is 146 g/mol. The SMILES string of the molecule is Cc1[nH]ccc1-n1cccc1. The van der Waals surface area contributed by atoms with Crippen LogP contribution in [0.2, 0.25) is 0 Å². The molecule has 2 aromatic heterocycles. The number of H-pyrrole nitrogens is 1. The van der Waals surface area contributed by atoms with Gasteiger partial charge in [-0.25, -0.2) is 0 Å². The Hall–Kier alpha value is -1.44. The molecule has 0 fully saturated rings. The quantitative estimate of drug-likeness (QED) is 0.636. The van der Waals surface area contributed by atoms with Gasteiger partial charge in [-0.1, -0.05) is 0 Å². The van der Waals surface area contributed by atoms with E-state index >= 15 is 0 Å². The highest BCUT2D eigenvalue weighted by molar-refractivity contribution is 5.36. The third-order valence-corrected chi connectivity index (χ3v) is 1.81. The number of nitrogens with one attached hydrogen (secondary N) is 1. The van der Waals surface area contributed by atoms with Crippen molar-refractivity contribution in [3.05, 3.63) is 42.5 Å². The standard InChI is InChI=1S/C9H10N2/c1-8-9(4-5-10-8)11-6-2-3-7-11/h2-7,10H,1H3. The first-order valence-electron chi connectivity index (χ1n) is 3.65. The zero-order chi connectivity index (χ0) is 7.68. The minimum Gasteiger partial charge on any atom is -0.363 e. The van der Waals surface area contributed by atoms with Crippen LogP contribution in [-0.4, -0.2) is 9.55 Å². The van der Waals surface area contributed by atoms with Gasteiger partial charge in [-0.2, -0.15) is 0 Å². The maximum Gasteiger partial charge on any atom is 0.0654 e. The molecule has 0 aliphatic carbocycles. The van der Waals surface area contributed by atoms with E-state index in [2.05, 4.69) is 22.5 Å². The van der Waals surface area contributed by atoms with Crippen molar-refractivity contribution in [2.45, 2.75) is 6.92 Å². The van der Waals surface area contributed by atoms with Gasteiger partial charge in [-0.3, -0.25) is 0 Å². The van der Waals surface area contributed by atoms with Crippen molar-refractivity contribution >= 4 is 0 Å². The van der Waals surface area contributed by atoms with E-state index in [-0.39, 0.29) is 0 Å². The van der Waals surface area contributed by atoms with E-state index in [4.69, 9.17) is 0 Å². The largest absolute Gasteiger partial charge is 0.363 e. The Morgan fingerprint density at radius 2 is 2.00 bits per heavy atom. The van der Waals surface area contributed by atoms with Gasteiger partial charge in [0.2, 0.25) is 0 Å². The topological polar surface area (TPSA) is 20.7 Å². The maximum absolute atomic E-state index is 3.14. The Balaban J connectivity index is 2.53. The Morgan fingerprint density at radius 3 is 2.55 bits per heavy atom. The summed E-state index contributed by atoms with van der Waals surface area (Å²) in [5.74, 6) is 0. The van der Waals surface area contributed by atoms with Crippen molar-refractivity contribution in [3.8, 4) is 5.69 Å². The molecule has 2 aromatic rings. The van der Waals surface area contributed by atoms with Crippen molar-refractivity contribution in [1.82, 2.24) is 9.55 Å². The molecule has 0 saturated carbocycles. The Kier molecular flexibility index (Phi) is 1.32.